The summed E-state index contributed by atoms with van der Waals surface area (Å²) < 4.78 is 6.71. The van der Waals surface area contributed by atoms with Crippen molar-refractivity contribution in [2.24, 2.45) is 7.05 Å². The van der Waals surface area contributed by atoms with E-state index in [4.69, 9.17) is 4.74 Å². The second-order valence-electron chi connectivity index (χ2n) is 2.98. The molecule has 4 nitrogen and oxygen atoms in total. The molecule has 0 saturated heterocycles. The topological polar surface area (TPSA) is 44.1 Å². The summed E-state index contributed by atoms with van der Waals surface area (Å²) in [6.07, 6.45) is 5.42. The zero-order chi connectivity index (χ0) is 9.26. The van der Waals surface area contributed by atoms with Crippen LogP contribution in [0.1, 0.15) is 16.9 Å². The molecule has 0 bridgehead atoms. The Hall–Kier alpha value is -1.58. The summed E-state index contributed by atoms with van der Waals surface area (Å²) in [5.74, 6) is 0.0116. The maximum atomic E-state index is 11.7. The first-order chi connectivity index (χ1) is 6.29. The van der Waals surface area contributed by atoms with Gasteiger partial charge in [0, 0.05) is 19.0 Å². The Morgan fingerprint density at radius 2 is 2.54 bits per heavy atom. The van der Waals surface area contributed by atoms with E-state index in [0.717, 1.165) is 5.57 Å². The molecule has 0 saturated carbocycles. The molecule has 1 aromatic heterocycles. The quantitative estimate of drug-likeness (QED) is 0.632. The van der Waals surface area contributed by atoms with E-state index in [1.807, 2.05) is 0 Å². The fraction of sp³-hybridized carbons (Fsp3) is 0.333. The number of ketones is 1. The smallest absolute Gasteiger partial charge is 0.210 e. The lowest BCUT2D eigenvalue weighted by molar-refractivity contribution is 0.102. The van der Waals surface area contributed by atoms with Crippen LogP contribution in [0.15, 0.2) is 24.4 Å². The van der Waals surface area contributed by atoms with Gasteiger partial charge >= 0.3 is 0 Å². The number of aryl methyl sites for hydroxylation is 1. The summed E-state index contributed by atoms with van der Waals surface area (Å²) in [6.45, 7) is 0.610. The molecular formula is C9H10N2O2. The summed E-state index contributed by atoms with van der Waals surface area (Å²) in [4.78, 5) is 15.6. The van der Waals surface area contributed by atoms with Crippen LogP contribution in [0.2, 0.25) is 0 Å². The zero-order valence-corrected chi connectivity index (χ0v) is 7.36. The Balaban J connectivity index is 2.27. The molecule has 0 atom stereocenters. The van der Waals surface area contributed by atoms with Crippen molar-refractivity contribution in [3.05, 3.63) is 30.1 Å². The average Bonchev–Trinajstić information content (AvgIpc) is 2.72. The van der Waals surface area contributed by atoms with Crippen LogP contribution in [0.5, 0.6) is 0 Å². The molecule has 13 heavy (non-hydrogen) atoms. The van der Waals surface area contributed by atoms with Gasteiger partial charge in [-0.2, -0.15) is 0 Å². The van der Waals surface area contributed by atoms with E-state index in [1.165, 1.54) is 6.26 Å². The van der Waals surface area contributed by atoms with Crippen LogP contribution >= 0.6 is 0 Å². The summed E-state index contributed by atoms with van der Waals surface area (Å²) in [5.41, 5.74) is 1.33. The normalized spacial score (nSPS) is 15.3. The monoisotopic (exact) mass is 178 g/mol. The highest BCUT2D eigenvalue weighted by Gasteiger charge is 2.18. The van der Waals surface area contributed by atoms with E-state index in [-0.39, 0.29) is 5.78 Å². The first-order valence-electron chi connectivity index (χ1n) is 4.10. The third kappa shape index (κ3) is 1.35. The van der Waals surface area contributed by atoms with Crippen molar-refractivity contribution >= 4 is 5.78 Å². The predicted octanol–water partition coefficient (Wildman–Crippen LogP) is 0.907. The standard InChI is InChI=1S/C9H10N2O2/c1-11-6-10-4-8(11)9(12)7-2-3-13-5-7/h4-6H,2-3H2,1H3. The second-order valence-corrected chi connectivity index (χ2v) is 2.98. The first-order valence-corrected chi connectivity index (χ1v) is 4.10. The van der Waals surface area contributed by atoms with Crippen molar-refractivity contribution < 1.29 is 9.53 Å². The second kappa shape index (κ2) is 3.05. The lowest BCUT2D eigenvalue weighted by Crippen LogP contribution is -2.07. The third-order valence-electron chi connectivity index (χ3n) is 2.06. The number of rotatable bonds is 2. The van der Waals surface area contributed by atoms with Crippen LogP contribution in [-0.4, -0.2) is 21.9 Å². The van der Waals surface area contributed by atoms with Gasteiger partial charge in [0.25, 0.3) is 0 Å². The van der Waals surface area contributed by atoms with E-state index < -0.39 is 0 Å². The van der Waals surface area contributed by atoms with E-state index in [2.05, 4.69) is 4.98 Å². The van der Waals surface area contributed by atoms with Crippen molar-refractivity contribution in [1.29, 1.82) is 0 Å². The van der Waals surface area contributed by atoms with Gasteiger partial charge < -0.3 is 9.30 Å². The summed E-state index contributed by atoms with van der Waals surface area (Å²) >= 11 is 0. The van der Waals surface area contributed by atoms with Crippen molar-refractivity contribution in [2.45, 2.75) is 6.42 Å². The number of ether oxygens (including phenoxy) is 1. The number of carbonyl (C=O) groups is 1. The molecule has 0 spiro atoms. The van der Waals surface area contributed by atoms with Gasteiger partial charge in [-0.3, -0.25) is 4.79 Å². The largest absolute Gasteiger partial charge is 0.500 e. The highest BCUT2D eigenvalue weighted by atomic mass is 16.5. The van der Waals surface area contributed by atoms with Crippen LogP contribution in [-0.2, 0) is 11.8 Å². The molecule has 2 heterocycles. The van der Waals surface area contributed by atoms with Gasteiger partial charge in [-0.25, -0.2) is 4.98 Å². The third-order valence-corrected chi connectivity index (χ3v) is 2.06. The number of aromatic nitrogens is 2. The number of Topliss-reactive ketones (excluding diaryl/α,β-unsaturated/α-hetero) is 1. The molecule has 0 fully saturated rings. The SMILES string of the molecule is Cn1cncc1C(=O)C1=COCC1. The molecule has 1 aromatic rings. The molecule has 0 aliphatic carbocycles. The maximum Gasteiger partial charge on any atom is 0.210 e. The van der Waals surface area contributed by atoms with E-state index in [1.54, 1.807) is 24.1 Å². The lowest BCUT2D eigenvalue weighted by Gasteiger charge is -1.99. The molecule has 1 aliphatic heterocycles. The fourth-order valence-electron chi connectivity index (χ4n) is 1.29. The Morgan fingerprint density at radius 3 is 3.08 bits per heavy atom. The Kier molecular flexibility index (Phi) is 1.88. The first kappa shape index (κ1) is 8.04. The number of carbonyl (C=O) groups excluding carboxylic acids is 1. The summed E-state index contributed by atoms with van der Waals surface area (Å²) in [5, 5.41) is 0. The molecule has 0 aromatic carbocycles. The average molecular weight is 178 g/mol. The Labute approximate surface area is 75.8 Å². The highest BCUT2D eigenvalue weighted by molar-refractivity contribution is 6.07. The van der Waals surface area contributed by atoms with Crippen molar-refractivity contribution in [1.82, 2.24) is 9.55 Å². The van der Waals surface area contributed by atoms with Gasteiger partial charge in [0.15, 0.2) is 0 Å². The molecule has 68 valence electrons. The van der Waals surface area contributed by atoms with Crippen molar-refractivity contribution in [3.8, 4) is 0 Å². The molecule has 2 rings (SSSR count). The molecule has 0 radical (unpaired) electrons. The highest BCUT2D eigenvalue weighted by Crippen LogP contribution is 2.15. The number of nitrogens with zero attached hydrogens (tertiary/aromatic N) is 2. The van der Waals surface area contributed by atoms with Gasteiger partial charge in [0.2, 0.25) is 5.78 Å². The number of hydrogen-bond donors (Lipinski definition) is 0. The van der Waals surface area contributed by atoms with Crippen LogP contribution in [0.4, 0.5) is 0 Å². The van der Waals surface area contributed by atoms with Crippen molar-refractivity contribution in [2.75, 3.05) is 6.61 Å². The number of imidazole rings is 1. The molecule has 0 N–H and O–H groups in total. The van der Waals surface area contributed by atoms with Gasteiger partial charge in [0.05, 0.1) is 25.4 Å². The van der Waals surface area contributed by atoms with Crippen LogP contribution < -0.4 is 0 Å². The van der Waals surface area contributed by atoms with Gasteiger partial charge in [0.1, 0.15) is 5.69 Å². The summed E-state index contributed by atoms with van der Waals surface area (Å²) in [7, 11) is 1.80. The van der Waals surface area contributed by atoms with Crippen molar-refractivity contribution in [3.63, 3.8) is 0 Å². The van der Waals surface area contributed by atoms with Gasteiger partial charge in [-0.1, -0.05) is 0 Å². The zero-order valence-electron chi connectivity index (χ0n) is 7.36. The van der Waals surface area contributed by atoms with E-state index >= 15 is 0 Å². The minimum atomic E-state index is 0.0116. The minimum Gasteiger partial charge on any atom is -0.500 e. The number of hydrogen-bond acceptors (Lipinski definition) is 3. The van der Waals surface area contributed by atoms with Gasteiger partial charge in [-0.05, 0) is 0 Å². The predicted molar refractivity (Wildman–Crippen MR) is 46.2 cm³/mol. The molecular weight excluding hydrogens is 168 g/mol. The molecule has 4 heteroatoms. The van der Waals surface area contributed by atoms with E-state index in [9.17, 15) is 4.79 Å². The Bertz CT molecular complexity index is 365. The molecule has 1 aliphatic rings. The fourth-order valence-corrected chi connectivity index (χ4v) is 1.29. The van der Waals surface area contributed by atoms with Gasteiger partial charge in [-0.15, -0.1) is 0 Å². The lowest BCUT2D eigenvalue weighted by atomic mass is 10.1. The van der Waals surface area contributed by atoms with E-state index in [0.29, 0.717) is 18.7 Å². The molecule has 0 amide bonds. The summed E-state index contributed by atoms with van der Waals surface area (Å²) in [6, 6.07) is 0. The minimum absolute atomic E-state index is 0.0116. The maximum absolute atomic E-state index is 11.7. The van der Waals surface area contributed by atoms with Crippen LogP contribution in [0, 0.1) is 0 Å². The Morgan fingerprint density at radius 1 is 1.69 bits per heavy atom. The molecule has 0 unspecified atom stereocenters. The van der Waals surface area contributed by atoms with Crippen LogP contribution in [0.25, 0.3) is 0 Å². The van der Waals surface area contributed by atoms with Crippen LogP contribution in [0.3, 0.4) is 0 Å².